The molecule has 1 atom stereocenters. The summed E-state index contributed by atoms with van der Waals surface area (Å²) < 4.78 is 29.4. The van der Waals surface area contributed by atoms with E-state index < -0.39 is 14.6 Å². The summed E-state index contributed by atoms with van der Waals surface area (Å²) in [4.78, 5) is 8.95. The van der Waals surface area contributed by atoms with E-state index in [-0.39, 0.29) is 11.8 Å². The molecule has 0 aliphatic carbocycles. The third-order valence-corrected chi connectivity index (χ3v) is 8.49. The van der Waals surface area contributed by atoms with Gasteiger partial charge in [0, 0.05) is 39.8 Å². The normalized spacial score (nSPS) is 23.6. The minimum Gasteiger partial charge on any atom is -0.379 e. The lowest BCUT2D eigenvalue weighted by molar-refractivity contribution is 0.0169. The molecular formula is C21H34N4O3S. The van der Waals surface area contributed by atoms with Crippen LogP contribution in [0.3, 0.4) is 0 Å². The Morgan fingerprint density at radius 3 is 2.45 bits per heavy atom. The van der Waals surface area contributed by atoms with Crippen molar-refractivity contribution in [3.63, 3.8) is 0 Å². The number of rotatable bonds is 4. The Labute approximate surface area is 175 Å². The number of hydrogen-bond donors (Lipinski definition) is 1. The Bertz CT molecular complexity index is 815. The van der Waals surface area contributed by atoms with Crippen LogP contribution in [0.1, 0.15) is 31.0 Å². The van der Waals surface area contributed by atoms with E-state index in [2.05, 4.69) is 51.3 Å². The summed E-state index contributed by atoms with van der Waals surface area (Å²) in [6.07, 6.45) is 0. The summed E-state index contributed by atoms with van der Waals surface area (Å²) in [5.41, 5.74) is 2.51. The molecule has 0 aromatic heterocycles. The van der Waals surface area contributed by atoms with Crippen LogP contribution in [-0.4, -0.2) is 87.7 Å². The number of benzene rings is 1. The second-order valence-corrected chi connectivity index (χ2v) is 11.2. The fourth-order valence-electron chi connectivity index (χ4n) is 3.98. The van der Waals surface area contributed by atoms with Crippen LogP contribution >= 0.6 is 0 Å². The number of aliphatic imine (C=N–C) groups is 1. The van der Waals surface area contributed by atoms with Crippen molar-refractivity contribution in [2.75, 3.05) is 58.7 Å². The fourth-order valence-corrected chi connectivity index (χ4v) is 5.35. The van der Waals surface area contributed by atoms with Crippen LogP contribution in [0.2, 0.25) is 0 Å². The van der Waals surface area contributed by atoms with Gasteiger partial charge in [0.05, 0.1) is 29.8 Å². The van der Waals surface area contributed by atoms with Crippen LogP contribution in [-0.2, 0) is 14.6 Å². The van der Waals surface area contributed by atoms with Crippen molar-refractivity contribution < 1.29 is 13.2 Å². The molecule has 8 heteroatoms. The molecule has 29 heavy (non-hydrogen) atoms. The first-order valence-corrected chi connectivity index (χ1v) is 11.9. The second-order valence-electron chi connectivity index (χ2n) is 8.50. The third kappa shape index (κ3) is 5.10. The topological polar surface area (TPSA) is 74.2 Å². The van der Waals surface area contributed by atoms with Gasteiger partial charge in [0.2, 0.25) is 0 Å². The molecule has 162 valence electrons. The molecule has 0 radical (unpaired) electrons. The van der Waals surface area contributed by atoms with E-state index in [4.69, 9.17) is 4.74 Å². The average molecular weight is 423 g/mol. The molecule has 0 amide bonds. The largest absolute Gasteiger partial charge is 0.379 e. The molecule has 2 saturated heterocycles. The van der Waals surface area contributed by atoms with E-state index in [1.165, 1.54) is 11.1 Å². The maximum Gasteiger partial charge on any atom is 0.193 e. The third-order valence-electron chi connectivity index (χ3n) is 5.96. The van der Waals surface area contributed by atoms with Crippen LogP contribution in [0.5, 0.6) is 0 Å². The van der Waals surface area contributed by atoms with Crippen molar-refractivity contribution in [3.8, 4) is 0 Å². The Morgan fingerprint density at radius 1 is 1.21 bits per heavy atom. The van der Waals surface area contributed by atoms with E-state index in [1.54, 1.807) is 20.9 Å². The molecular weight excluding hydrogens is 388 g/mol. The highest BCUT2D eigenvalue weighted by Crippen LogP contribution is 2.25. The molecule has 2 heterocycles. The zero-order valence-electron chi connectivity index (χ0n) is 18.0. The molecule has 1 aromatic rings. The molecule has 1 N–H and O–H groups in total. The van der Waals surface area contributed by atoms with Crippen LogP contribution in [0.15, 0.2) is 29.3 Å². The van der Waals surface area contributed by atoms with Gasteiger partial charge in [-0.1, -0.05) is 29.8 Å². The summed E-state index contributed by atoms with van der Waals surface area (Å²) >= 11 is 0. The smallest absolute Gasteiger partial charge is 0.193 e. The highest BCUT2D eigenvalue weighted by molar-refractivity contribution is 7.92. The van der Waals surface area contributed by atoms with Gasteiger partial charge in [-0.15, -0.1) is 0 Å². The van der Waals surface area contributed by atoms with E-state index in [0.29, 0.717) is 19.6 Å². The predicted molar refractivity (Wildman–Crippen MR) is 117 cm³/mol. The van der Waals surface area contributed by atoms with E-state index in [1.807, 2.05) is 0 Å². The first-order chi connectivity index (χ1) is 13.7. The molecule has 0 spiro atoms. The number of nitrogens with one attached hydrogen (secondary N) is 1. The van der Waals surface area contributed by atoms with Gasteiger partial charge in [0.1, 0.15) is 0 Å². The SMILES string of the molecule is CN=C(NCC(c1ccc(C)cc1)N1CCOCC1)N1CCS(=O)(=O)C(C)(C)C1. The minimum absolute atomic E-state index is 0.158. The molecule has 0 bridgehead atoms. The molecule has 0 saturated carbocycles. The minimum atomic E-state index is -3.08. The number of sulfone groups is 1. The lowest BCUT2D eigenvalue weighted by Gasteiger charge is -2.40. The zero-order valence-corrected chi connectivity index (χ0v) is 18.8. The van der Waals surface area contributed by atoms with Crippen LogP contribution in [0, 0.1) is 6.92 Å². The predicted octanol–water partition coefficient (Wildman–Crippen LogP) is 1.45. The van der Waals surface area contributed by atoms with Gasteiger partial charge in [-0.25, -0.2) is 8.42 Å². The lowest BCUT2D eigenvalue weighted by atomic mass is 10.0. The van der Waals surface area contributed by atoms with Crippen LogP contribution < -0.4 is 5.32 Å². The van der Waals surface area contributed by atoms with Gasteiger partial charge >= 0.3 is 0 Å². The summed E-state index contributed by atoms with van der Waals surface area (Å²) in [7, 11) is -1.32. The van der Waals surface area contributed by atoms with Gasteiger partial charge in [-0.05, 0) is 26.3 Å². The Kier molecular flexibility index (Phi) is 6.86. The first-order valence-electron chi connectivity index (χ1n) is 10.3. The summed E-state index contributed by atoms with van der Waals surface area (Å²) in [6, 6.07) is 8.89. The number of guanidine groups is 1. The quantitative estimate of drug-likeness (QED) is 0.585. The standard InChI is InChI=1S/C21H34N4O3S/c1-17-5-7-18(8-6-17)19(24-9-12-28-13-10-24)15-23-20(22-4)25-11-14-29(26,27)21(2,3)16-25/h5-8,19H,9-16H2,1-4H3,(H,22,23). The average Bonchev–Trinajstić information content (AvgIpc) is 2.69. The Hall–Kier alpha value is -1.64. The summed E-state index contributed by atoms with van der Waals surface area (Å²) in [6.45, 7) is 10.6. The molecule has 1 aromatic carbocycles. The summed E-state index contributed by atoms with van der Waals surface area (Å²) in [5.74, 6) is 0.921. The first kappa shape index (κ1) is 22.1. The van der Waals surface area contributed by atoms with Crippen molar-refractivity contribution in [2.45, 2.75) is 31.6 Å². The number of morpholine rings is 1. The number of nitrogens with zero attached hydrogens (tertiary/aromatic N) is 3. The van der Waals surface area contributed by atoms with Crippen LogP contribution in [0.4, 0.5) is 0 Å². The van der Waals surface area contributed by atoms with E-state index in [9.17, 15) is 8.42 Å². The summed E-state index contributed by atoms with van der Waals surface area (Å²) in [5, 5.41) is 3.51. The maximum atomic E-state index is 12.3. The van der Waals surface area contributed by atoms with E-state index >= 15 is 0 Å². The van der Waals surface area contributed by atoms with Gasteiger partial charge in [-0.2, -0.15) is 0 Å². The van der Waals surface area contributed by atoms with Crippen molar-refractivity contribution >= 4 is 15.8 Å². The Morgan fingerprint density at radius 2 is 1.86 bits per heavy atom. The molecule has 2 aliphatic heterocycles. The van der Waals surface area contributed by atoms with Crippen molar-refractivity contribution in [1.82, 2.24) is 15.1 Å². The van der Waals surface area contributed by atoms with Crippen molar-refractivity contribution in [2.24, 2.45) is 4.99 Å². The number of ether oxygens (including phenoxy) is 1. The fraction of sp³-hybridized carbons (Fsp3) is 0.667. The molecule has 2 fully saturated rings. The molecule has 2 aliphatic rings. The zero-order chi connectivity index (χ0) is 21.1. The van der Waals surface area contributed by atoms with Crippen molar-refractivity contribution in [1.29, 1.82) is 0 Å². The number of aryl methyl sites for hydroxylation is 1. The Balaban J connectivity index is 1.73. The van der Waals surface area contributed by atoms with Crippen molar-refractivity contribution in [3.05, 3.63) is 35.4 Å². The monoisotopic (exact) mass is 422 g/mol. The molecule has 3 rings (SSSR count). The van der Waals surface area contributed by atoms with Gasteiger partial charge < -0.3 is 15.0 Å². The number of hydrogen-bond acceptors (Lipinski definition) is 5. The second kappa shape index (κ2) is 9.02. The highest BCUT2D eigenvalue weighted by Gasteiger charge is 2.41. The van der Waals surface area contributed by atoms with Crippen LogP contribution in [0.25, 0.3) is 0 Å². The van der Waals surface area contributed by atoms with Gasteiger partial charge in [0.15, 0.2) is 15.8 Å². The van der Waals surface area contributed by atoms with E-state index in [0.717, 1.165) is 32.3 Å². The molecule has 7 nitrogen and oxygen atoms in total. The molecule has 1 unspecified atom stereocenters. The lowest BCUT2D eigenvalue weighted by Crippen LogP contribution is -2.58. The highest BCUT2D eigenvalue weighted by atomic mass is 32.2. The van der Waals surface area contributed by atoms with Gasteiger partial charge in [0.25, 0.3) is 0 Å². The van der Waals surface area contributed by atoms with Gasteiger partial charge in [-0.3, -0.25) is 9.89 Å². The maximum absolute atomic E-state index is 12.3.